The van der Waals surface area contributed by atoms with Crippen molar-refractivity contribution in [2.75, 3.05) is 25.5 Å². The maximum atomic E-state index is 12.6. The first-order valence-electron chi connectivity index (χ1n) is 8.99. The van der Waals surface area contributed by atoms with Crippen molar-refractivity contribution in [3.05, 3.63) is 81.8 Å². The van der Waals surface area contributed by atoms with Crippen molar-refractivity contribution < 1.29 is 9.59 Å². The molecule has 0 saturated heterocycles. The van der Waals surface area contributed by atoms with Gasteiger partial charge in [0, 0.05) is 11.6 Å². The molecule has 3 aromatic rings. The van der Waals surface area contributed by atoms with Crippen molar-refractivity contribution >= 4 is 40.4 Å². The summed E-state index contributed by atoms with van der Waals surface area (Å²) in [7, 11) is 1.71. The Morgan fingerprint density at radius 2 is 1.76 bits per heavy atom. The van der Waals surface area contributed by atoms with E-state index in [9.17, 15) is 9.59 Å². The van der Waals surface area contributed by atoms with Gasteiger partial charge in [0.2, 0.25) is 11.8 Å². The quantitative estimate of drug-likeness (QED) is 0.575. The zero-order chi connectivity index (χ0) is 20.6. The van der Waals surface area contributed by atoms with Crippen molar-refractivity contribution in [3.8, 4) is 0 Å². The van der Waals surface area contributed by atoms with E-state index in [0.717, 1.165) is 10.6 Å². The van der Waals surface area contributed by atoms with Gasteiger partial charge in [-0.05, 0) is 24.7 Å². The van der Waals surface area contributed by atoms with Crippen molar-refractivity contribution in [1.82, 2.24) is 15.2 Å². The van der Waals surface area contributed by atoms with E-state index in [-0.39, 0.29) is 30.9 Å². The molecule has 0 saturated carbocycles. The lowest BCUT2D eigenvalue weighted by molar-refractivity contribution is -0.123. The molecule has 1 atom stereocenters. The molecule has 0 fully saturated rings. The molecule has 0 aliphatic rings. The Kier molecular flexibility index (Phi) is 7.35. The van der Waals surface area contributed by atoms with Crippen molar-refractivity contribution in [1.29, 1.82) is 0 Å². The Morgan fingerprint density at radius 3 is 2.45 bits per heavy atom. The minimum Gasteiger partial charge on any atom is -0.342 e. The van der Waals surface area contributed by atoms with Crippen LogP contribution in [0.2, 0.25) is 5.02 Å². The molecule has 2 N–H and O–H groups in total. The minimum absolute atomic E-state index is 0.0614. The Balaban J connectivity index is 1.57. The maximum absolute atomic E-state index is 12.6. The van der Waals surface area contributed by atoms with E-state index in [4.69, 9.17) is 11.6 Å². The lowest BCUT2D eigenvalue weighted by atomic mass is 10.1. The average Bonchev–Trinajstić information content (AvgIpc) is 3.23. The summed E-state index contributed by atoms with van der Waals surface area (Å²) in [5, 5.41) is 8.92. The second-order valence-corrected chi connectivity index (χ2v) is 7.82. The van der Waals surface area contributed by atoms with E-state index >= 15 is 0 Å². The maximum Gasteiger partial charge on any atom is 0.238 e. The molecule has 6 nitrogen and oxygen atoms in total. The molecular formula is C21H21ClN4O2S. The van der Waals surface area contributed by atoms with Crippen LogP contribution in [0.5, 0.6) is 0 Å². The second kappa shape index (κ2) is 10.2. The molecule has 2 amide bonds. The molecule has 0 aliphatic carbocycles. The zero-order valence-corrected chi connectivity index (χ0v) is 17.4. The summed E-state index contributed by atoms with van der Waals surface area (Å²) in [4.78, 5) is 30.8. The van der Waals surface area contributed by atoms with Crippen LogP contribution in [0, 0.1) is 0 Å². The van der Waals surface area contributed by atoms with Crippen LogP contribution in [0.1, 0.15) is 16.6 Å². The highest BCUT2D eigenvalue weighted by atomic mass is 35.5. The first kappa shape index (κ1) is 21.0. The number of nitrogens with one attached hydrogen (secondary N) is 2. The van der Waals surface area contributed by atoms with Crippen LogP contribution in [0.25, 0.3) is 0 Å². The highest BCUT2D eigenvalue weighted by molar-refractivity contribution is 7.09. The Bertz CT molecular complexity index is 950. The number of hydrogen-bond acceptors (Lipinski definition) is 5. The fourth-order valence-electron chi connectivity index (χ4n) is 2.82. The Hall–Kier alpha value is -2.74. The monoisotopic (exact) mass is 428 g/mol. The standard InChI is InChI=1S/C21H21ClN4O2S/c1-26(13-18(27)24-17-10-6-5-9-16(17)22)14-19(28)25-20(21-23-11-12-29-21)15-7-3-2-4-8-15/h2-12,20H,13-14H2,1H3,(H,24,27)(H,25,28). The largest absolute Gasteiger partial charge is 0.342 e. The van der Waals surface area contributed by atoms with Gasteiger partial charge in [-0.1, -0.05) is 54.1 Å². The van der Waals surface area contributed by atoms with E-state index < -0.39 is 0 Å². The van der Waals surface area contributed by atoms with Gasteiger partial charge in [0.25, 0.3) is 0 Å². The number of benzene rings is 2. The van der Waals surface area contributed by atoms with Crippen LogP contribution in [0.4, 0.5) is 5.69 Å². The summed E-state index contributed by atoms with van der Waals surface area (Å²) in [6.45, 7) is 0.135. The van der Waals surface area contributed by atoms with Crippen LogP contribution in [0.3, 0.4) is 0 Å². The van der Waals surface area contributed by atoms with Gasteiger partial charge in [0.15, 0.2) is 0 Å². The summed E-state index contributed by atoms with van der Waals surface area (Å²) in [6.07, 6.45) is 1.72. The lowest BCUT2D eigenvalue weighted by Gasteiger charge is -2.20. The van der Waals surface area contributed by atoms with E-state index in [1.54, 1.807) is 42.4 Å². The number of thiazole rings is 1. The van der Waals surface area contributed by atoms with Gasteiger partial charge in [-0.15, -0.1) is 11.3 Å². The van der Waals surface area contributed by atoms with E-state index in [0.29, 0.717) is 10.7 Å². The van der Waals surface area contributed by atoms with E-state index in [1.165, 1.54) is 11.3 Å². The van der Waals surface area contributed by atoms with Gasteiger partial charge in [0.1, 0.15) is 11.0 Å². The molecule has 0 spiro atoms. The molecule has 0 bridgehead atoms. The van der Waals surface area contributed by atoms with Crippen molar-refractivity contribution in [2.24, 2.45) is 0 Å². The van der Waals surface area contributed by atoms with Crippen LogP contribution >= 0.6 is 22.9 Å². The van der Waals surface area contributed by atoms with Gasteiger partial charge < -0.3 is 10.6 Å². The van der Waals surface area contributed by atoms with Gasteiger partial charge in [-0.3, -0.25) is 14.5 Å². The number of nitrogens with zero attached hydrogens (tertiary/aromatic N) is 2. The molecule has 8 heteroatoms. The number of carbonyl (C=O) groups excluding carboxylic acids is 2. The van der Waals surface area contributed by atoms with Crippen LogP contribution in [0.15, 0.2) is 66.2 Å². The van der Waals surface area contributed by atoms with Gasteiger partial charge in [-0.25, -0.2) is 4.98 Å². The summed E-state index contributed by atoms with van der Waals surface area (Å²) in [6, 6.07) is 16.4. The lowest BCUT2D eigenvalue weighted by Crippen LogP contribution is -2.40. The first-order chi connectivity index (χ1) is 14.0. The third-order valence-corrected chi connectivity index (χ3v) is 5.28. The highest BCUT2D eigenvalue weighted by Crippen LogP contribution is 2.23. The van der Waals surface area contributed by atoms with Gasteiger partial charge in [-0.2, -0.15) is 0 Å². The highest BCUT2D eigenvalue weighted by Gasteiger charge is 2.20. The molecule has 1 heterocycles. The molecule has 3 rings (SSSR count). The molecule has 1 aromatic heterocycles. The number of halogens is 1. The van der Waals surface area contributed by atoms with Crippen LogP contribution < -0.4 is 10.6 Å². The van der Waals surface area contributed by atoms with Crippen LogP contribution in [-0.2, 0) is 9.59 Å². The Labute approximate surface area is 178 Å². The topological polar surface area (TPSA) is 74.3 Å². The fraction of sp³-hybridized carbons (Fsp3) is 0.190. The summed E-state index contributed by atoms with van der Waals surface area (Å²) < 4.78 is 0. The predicted molar refractivity (Wildman–Crippen MR) is 116 cm³/mol. The van der Waals surface area contributed by atoms with Crippen molar-refractivity contribution in [3.63, 3.8) is 0 Å². The third kappa shape index (κ3) is 6.12. The molecule has 1 unspecified atom stereocenters. The predicted octanol–water partition coefficient (Wildman–Crippen LogP) is 3.57. The second-order valence-electron chi connectivity index (χ2n) is 6.48. The number of carbonyl (C=O) groups is 2. The molecule has 150 valence electrons. The van der Waals surface area contributed by atoms with Crippen LogP contribution in [-0.4, -0.2) is 41.8 Å². The molecular weight excluding hydrogens is 408 g/mol. The average molecular weight is 429 g/mol. The summed E-state index contributed by atoms with van der Waals surface area (Å²) >= 11 is 7.54. The summed E-state index contributed by atoms with van der Waals surface area (Å²) in [5.41, 5.74) is 1.50. The summed E-state index contributed by atoms with van der Waals surface area (Å²) in [5.74, 6) is -0.435. The fourth-order valence-corrected chi connectivity index (χ4v) is 3.71. The minimum atomic E-state index is -0.325. The number of likely N-dealkylation sites (N-methyl/N-ethyl adjacent to an activating group) is 1. The third-order valence-electron chi connectivity index (χ3n) is 4.11. The zero-order valence-electron chi connectivity index (χ0n) is 15.8. The number of para-hydroxylation sites is 1. The Morgan fingerprint density at radius 1 is 1.07 bits per heavy atom. The molecule has 0 radical (unpaired) electrons. The first-order valence-corrected chi connectivity index (χ1v) is 10.3. The smallest absolute Gasteiger partial charge is 0.238 e. The molecule has 29 heavy (non-hydrogen) atoms. The molecule has 0 aliphatic heterocycles. The number of rotatable bonds is 8. The van der Waals surface area contributed by atoms with E-state index in [2.05, 4.69) is 15.6 Å². The van der Waals surface area contributed by atoms with Gasteiger partial charge >= 0.3 is 0 Å². The SMILES string of the molecule is CN(CC(=O)Nc1ccccc1Cl)CC(=O)NC(c1ccccc1)c1nccs1. The number of hydrogen-bond donors (Lipinski definition) is 2. The van der Waals surface area contributed by atoms with Gasteiger partial charge in [0.05, 0.1) is 23.8 Å². The number of amides is 2. The number of aromatic nitrogens is 1. The van der Waals surface area contributed by atoms with Crippen molar-refractivity contribution in [2.45, 2.75) is 6.04 Å². The molecule has 2 aromatic carbocycles. The van der Waals surface area contributed by atoms with E-state index in [1.807, 2.05) is 35.7 Å². The number of anilines is 1. The normalized spacial score (nSPS) is 11.8.